The van der Waals surface area contributed by atoms with Crippen LogP contribution in [0.5, 0.6) is 11.5 Å². The van der Waals surface area contributed by atoms with Crippen molar-refractivity contribution in [1.29, 1.82) is 0 Å². The van der Waals surface area contributed by atoms with Crippen molar-refractivity contribution >= 4 is 39.1 Å². The lowest BCUT2D eigenvalue weighted by Gasteiger charge is -2.17. The minimum Gasteiger partial charge on any atom is -0.497 e. The largest absolute Gasteiger partial charge is 0.497 e. The van der Waals surface area contributed by atoms with Crippen molar-refractivity contribution in [1.82, 2.24) is 0 Å². The summed E-state index contributed by atoms with van der Waals surface area (Å²) in [5.74, 6) is 1.51. The Morgan fingerprint density at radius 2 is 1.70 bits per heavy atom. The van der Waals surface area contributed by atoms with Crippen molar-refractivity contribution in [3.63, 3.8) is 0 Å². The number of rotatable bonds is 4. The van der Waals surface area contributed by atoms with E-state index < -0.39 is 0 Å². The summed E-state index contributed by atoms with van der Waals surface area (Å²) in [6, 6.07) is 11.0. The third-order valence-electron chi connectivity index (χ3n) is 2.94. The fourth-order valence-corrected chi connectivity index (χ4v) is 3.19. The van der Waals surface area contributed by atoms with Gasteiger partial charge in [-0.15, -0.1) is 0 Å². The van der Waals surface area contributed by atoms with E-state index in [-0.39, 0.29) is 4.83 Å². The molecule has 2 rings (SSSR count). The van der Waals surface area contributed by atoms with E-state index in [4.69, 9.17) is 32.7 Å². The Balaban J connectivity index is 2.51. The normalized spacial score (nSPS) is 12.1. The number of benzene rings is 2. The van der Waals surface area contributed by atoms with E-state index in [9.17, 15) is 0 Å². The van der Waals surface area contributed by atoms with Gasteiger partial charge in [-0.05, 0) is 42.0 Å². The Kier molecular flexibility index (Phi) is 5.19. The second kappa shape index (κ2) is 6.70. The Hall–Kier alpha value is -0.900. The first-order valence-electron chi connectivity index (χ1n) is 5.87. The molecule has 0 bridgehead atoms. The molecule has 0 amide bonds. The molecule has 0 heterocycles. The Labute approximate surface area is 136 Å². The third kappa shape index (κ3) is 3.22. The lowest BCUT2D eigenvalue weighted by atomic mass is 10.0. The molecule has 1 atom stereocenters. The highest BCUT2D eigenvalue weighted by molar-refractivity contribution is 9.09. The molecule has 2 aromatic carbocycles. The predicted molar refractivity (Wildman–Crippen MR) is 86.8 cm³/mol. The number of alkyl halides is 1. The highest BCUT2D eigenvalue weighted by Gasteiger charge is 2.19. The predicted octanol–water partition coefficient (Wildman–Crippen LogP) is 5.49. The smallest absolute Gasteiger partial charge is 0.123 e. The second-order valence-corrected chi connectivity index (χ2v) is 5.90. The van der Waals surface area contributed by atoms with Gasteiger partial charge in [0, 0.05) is 15.6 Å². The van der Waals surface area contributed by atoms with Crippen molar-refractivity contribution < 1.29 is 9.47 Å². The summed E-state index contributed by atoms with van der Waals surface area (Å²) in [6.07, 6.45) is 0. The number of methoxy groups -OCH3 is 2. The fraction of sp³-hybridized carbons (Fsp3) is 0.200. The van der Waals surface area contributed by atoms with Gasteiger partial charge in [0.05, 0.1) is 19.0 Å². The van der Waals surface area contributed by atoms with Crippen molar-refractivity contribution in [2.45, 2.75) is 4.83 Å². The molecule has 0 fully saturated rings. The van der Waals surface area contributed by atoms with Crippen LogP contribution >= 0.6 is 39.1 Å². The molecule has 0 aliphatic rings. The summed E-state index contributed by atoms with van der Waals surface area (Å²) in [4.78, 5) is -0.140. The van der Waals surface area contributed by atoms with Crippen LogP contribution in [0.2, 0.25) is 10.0 Å². The average molecular weight is 376 g/mol. The molecular formula is C15H13BrCl2O2. The standard InChI is InChI=1S/C15H13BrCl2O2/c1-19-10-4-6-14(20-2)12(8-10)15(16)11-7-9(17)3-5-13(11)18/h3-8,15H,1-2H3. The maximum absolute atomic E-state index is 6.25. The van der Waals surface area contributed by atoms with Gasteiger partial charge >= 0.3 is 0 Å². The summed E-state index contributed by atoms with van der Waals surface area (Å²) < 4.78 is 10.7. The molecular weight excluding hydrogens is 363 g/mol. The molecule has 0 aliphatic heterocycles. The Morgan fingerprint density at radius 3 is 2.35 bits per heavy atom. The van der Waals surface area contributed by atoms with E-state index in [0.29, 0.717) is 10.0 Å². The highest BCUT2D eigenvalue weighted by Crippen LogP contribution is 2.41. The van der Waals surface area contributed by atoms with E-state index >= 15 is 0 Å². The van der Waals surface area contributed by atoms with Gasteiger partial charge in [0.1, 0.15) is 11.5 Å². The Morgan fingerprint density at radius 1 is 0.950 bits per heavy atom. The van der Waals surface area contributed by atoms with Gasteiger partial charge in [-0.2, -0.15) is 0 Å². The maximum atomic E-state index is 6.25. The minimum absolute atomic E-state index is 0.140. The van der Waals surface area contributed by atoms with Gasteiger partial charge in [-0.1, -0.05) is 39.1 Å². The monoisotopic (exact) mass is 374 g/mol. The zero-order chi connectivity index (χ0) is 14.7. The summed E-state index contributed by atoms with van der Waals surface area (Å²) in [7, 11) is 3.26. The molecule has 2 nitrogen and oxygen atoms in total. The molecule has 0 aromatic heterocycles. The van der Waals surface area contributed by atoms with Crippen LogP contribution in [0.3, 0.4) is 0 Å². The quantitative estimate of drug-likeness (QED) is 0.657. The number of halogens is 3. The maximum Gasteiger partial charge on any atom is 0.123 e. The second-order valence-electron chi connectivity index (χ2n) is 4.14. The van der Waals surface area contributed by atoms with Gasteiger partial charge in [-0.25, -0.2) is 0 Å². The van der Waals surface area contributed by atoms with Gasteiger partial charge in [0.15, 0.2) is 0 Å². The first-order valence-corrected chi connectivity index (χ1v) is 7.55. The van der Waals surface area contributed by atoms with Crippen molar-refractivity contribution in [2.24, 2.45) is 0 Å². The molecule has 0 saturated heterocycles. The third-order valence-corrected chi connectivity index (χ3v) is 4.51. The van der Waals surface area contributed by atoms with Crippen LogP contribution in [-0.4, -0.2) is 14.2 Å². The van der Waals surface area contributed by atoms with Crippen molar-refractivity contribution in [3.05, 3.63) is 57.6 Å². The first kappa shape index (κ1) is 15.5. The van der Waals surface area contributed by atoms with Crippen LogP contribution < -0.4 is 9.47 Å². The number of ether oxygens (including phenoxy) is 2. The molecule has 1 unspecified atom stereocenters. The van der Waals surface area contributed by atoms with Crippen LogP contribution in [0, 0.1) is 0 Å². The molecule has 0 saturated carbocycles. The van der Waals surface area contributed by atoms with E-state index in [1.807, 2.05) is 24.3 Å². The molecule has 106 valence electrons. The SMILES string of the molecule is COc1ccc(OC)c(C(Br)c2cc(Cl)ccc2Cl)c1. The molecule has 0 aliphatic carbocycles. The van der Waals surface area contributed by atoms with Crippen LogP contribution in [0.25, 0.3) is 0 Å². The van der Waals surface area contributed by atoms with Gasteiger partial charge in [0.25, 0.3) is 0 Å². The summed E-state index contributed by atoms with van der Waals surface area (Å²) in [6.45, 7) is 0. The van der Waals surface area contributed by atoms with Gasteiger partial charge in [0.2, 0.25) is 0 Å². The molecule has 2 aromatic rings. The Bertz CT molecular complexity index is 617. The van der Waals surface area contributed by atoms with Crippen LogP contribution in [0.1, 0.15) is 16.0 Å². The average Bonchev–Trinajstić information content (AvgIpc) is 2.48. The lowest BCUT2D eigenvalue weighted by molar-refractivity contribution is 0.399. The highest BCUT2D eigenvalue weighted by atomic mass is 79.9. The topological polar surface area (TPSA) is 18.5 Å². The van der Waals surface area contributed by atoms with Crippen LogP contribution in [-0.2, 0) is 0 Å². The summed E-state index contributed by atoms with van der Waals surface area (Å²) in [5.41, 5.74) is 1.81. The van der Waals surface area contributed by atoms with E-state index in [0.717, 1.165) is 22.6 Å². The lowest BCUT2D eigenvalue weighted by Crippen LogP contribution is -1.99. The molecule has 0 spiro atoms. The van der Waals surface area contributed by atoms with E-state index in [1.165, 1.54) is 0 Å². The minimum atomic E-state index is -0.140. The van der Waals surface area contributed by atoms with Crippen LogP contribution in [0.15, 0.2) is 36.4 Å². The van der Waals surface area contributed by atoms with Gasteiger partial charge < -0.3 is 9.47 Å². The van der Waals surface area contributed by atoms with Crippen LogP contribution in [0.4, 0.5) is 0 Å². The zero-order valence-corrected chi connectivity index (χ0v) is 14.1. The number of hydrogen-bond donors (Lipinski definition) is 0. The fourth-order valence-electron chi connectivity index (χ4n) is 1.91. The van der Waals surface area contributed by atoms with E-state index in [1.54, 1.807) is 26.4 Å². The summed E-state index contributed by atoms with van der Waals surface area (Å²) >= 11 is 16.0. The molecule has 20 heavy (non-hydrogen) atoms. The molecule has 0 N–H and O–H groups in total. The van der Waals surface area contributed by atoms with Gasteiger partial charge in [-0.3, -0.25) is 0 Å². The van der Waals surface area contributed by atoms with Crippen molar-refractivity contribution in [3.8, 4) is 11.5 Å². The first-order chi connectivity index (χ1) is 9.56. The molecule has 5 heteroatoms. The van der Waals surface area contributed by atoms with Crippen molar-refractivity contribution in [2.75, 3.05) is 14.2 Å². The zero-order valence-electron chi connectivity index (χ0n) is 11.0. The molecule has 0 radical (unpaired) electrons. The summed E-state index contributed by atoms with van der Waals surface area (Å²) in [5, 5.41) is 1.27. The van der Waals surface area contributed by atoms with E-state index in [2.05, 4.69) is 15.9 Å². The number of hydrogen-bond acceptors (Lipinski definition) is 2.